The van der Waals surface area contributed by atoms with Gasteiger partial charge in [0.05, 0.1) is 6.54 Å². The Morgan fingerprint density at radius 2 is 2.00 bits per heavy atom. The molecule has 1 aromatic heterocycles. The van der Waals surface area contributed by atoms with Crippen molar-refractivity contribution in [1.29, 1.82) is 0 Å². The summed E-state index contributed by atoms with van der Waals surface area (Å²) in [4.78, 5) is 0. The van der Waals surface area contributed by atoms with Crippen LogP contribution in [-0.4, -0.2) is 21.4 Å². The molecule has 1 aromatic carbocycles. The van der Waals surface area contributed by atoms with Crippen LogP contribution in [0.4, 0.5) is 5.95 Å². The van der Waals surface area contributed by atoms with Crippen molar-refractivity contribution >= 4 is 5.95 Å². The predicted octanol–water partition coefficient (Wildman–Crippen LogP) is 1.56. The molecule has 0 aliphatic heterocycles. The van der Waals surface area contributed by atoms with Gasteiger partial charge in [-0.3, -0.25) is 4.57 Å². The molecule has 0 atom stereocenters. The van der Waals surface area contributed by atoms with E-state index in [2.05, 4.69) is 10.2 Å². The van der Waals surface area contributed by atoms with Gasteiger partial charge in [0.25, 0.3) is 0 Å². The standard InChI is InChI=1S/C12H16N4O/c1-9-4-3-5-10(2)11(9)17-7-6-16-8-14-15-12(16)13/h3-5,8H,6-7H2,1-2H3,(H2,13,15). The minimum atomic E-state index is 0.412. The van der Waals surface area contributed by atoms with Crippen LogP contribution in [0.15, 0.2) is 24.5 Å². The van der Waals surface area contributed by atoms with Gasteiger partial charge in [0, 0.05) is 0 Å². The van der Waals surface area contributed by atoms with Crippen molar-refractivity contribution < 1.29 is 4.74 Å². The number of benzene rings is 1. The number of anilines is 1. The number of nitrogens with zero attached hydrogens (tertiary/aromatic N) is 3. The van der Waals surface area contributed by atoms with E-state index in [0.29, 0.717) is 19.1 Å². The van der Waals surface area contributed by atoms with Gasteiger partial charge >= 0.3 is 0 Å². The van der Waals surface area contributed by atoms with Gasteiger partial charge in [0.2, 0.25) is 5.95 Å². The summed E-state index contributed by atoms with van der Waals surface area (Å²) in [5.74, 6) is 1.36. The topological polar surface area (TPSA) is 66.0 Å². The molecular formula is C12H16N4O. The number of aromatic nitrogens is 3. The maximum atomic E-state index is 5.76. The van der Waals surface area contributed by atoms with Crippen LogP contribution in [0.1, 0.15) is 11.1 Å². The van der Waals surface area contributed by atoms with Crippen LogP contribution in [0.2, 0.25) is 0 Å². The first-order valence-corrected chi connectivity index (χ1v) is 5.51. The van der Waals surface area contributed by atoms with Crippen molar-refractivity contribution in [3.63, 3.8) is 0 Å². The van der Waals surface area contributed by atoms with E-state index in [4.69, 9.17) is 10.5 Å². The van der Waals surface area contributed by atoms with Crippen molar-refractivity contribution in [2.75, 3.05) is 12.3 Å². The largest absolute Gasteiger partial charge is 0.491 e. The van der Waals surface area contributed by atoms with Crippen molar-refractivity contribution in [3.8, 4) is 5.75 Å². The number of aryl methyl sites for hydroxylation is 2. The van der Waals surface area contributed by atoms with E-state index >= 15 is 0 Å². The molecule has 0 aliphatic carbocycles. The zero-order chi connectivity index (χ0) is 12.3. The number of nitrogen functional groups attached to an aromatic ring is 1. The quantitative estimate of drug-likeness (QED) is 0.868. The first-order valence-electron chi connectivity index (χ1n) is 5.51. The summed E-state index contributed by atoms with van der Waals surface area (Å²) in [6.45, 7) is 5.27. The van der Waals surface area contributed by atoms with Crippen molar-refractivity contribution in [3.05, 3.63) is 35.7 Å². The molecular weight excluding hydrogens is 216 g/mol. The average molecular weight is 232 g/mol. The predicted molar refractivity (Wildman–Crippen MR) is 65.8 cm³/mol. The zero-order valence-electron chi connectivity index (χ0n) is 10.1. The molecule has 5 heteroatoms. The molecule has 0 amide bonds. The highest BCUT2D eigenvalue weighted by Gasteiger charge is 2.04. The van der Waals surface area contributed by atoms with Crippen molar-refractivity contribution in [2.24, 2.45) is 0 Å². The highest BCUT2D eigenvalue weighted by Crippen LogP contribution is 2.22. The summed E-state index contributed by atoms with van der Waals surface area (Å²) in [6.07, 6.45) is 1.60. The lowest BCUT2D eigenvalue weighted by molar-refractivity contribution is 0.295. The van der Waals surface area contributed by atoms with Gasteiger partial charge in [-0.15, -0.1) is 10.2 Å². The fourth-order valence-corrected chi connectivity index (χ4v) is 1.71. The lowest BCUT2D eigenvalue weighted by atomic mass is 10.1. The molecule has 2 rings (SSSR count). The Morgan fingerprint density at radius 3 is 2.59 bits per heavy atom. The molecule has 0 bridgehead atoms. The third-order valence-electron chi connectivity index (χ3n) is 2.63. The Balaban J connectivity index is 1.97. The van der Waals surface area contributed by atoms with Crippen LogP contribution < -0.4 is 10.5 Å². The van der Waals surface area contributed by atoms with E-state index < -0.39 is 0 Å². The van der Waals surface area contributed by atoms with Crippen molar-refractivity contribution in [1.82, 2.24) is 14.8 Å². The third-order valence-corrected chi connectivity index (χ3v) is 2.63. The van der Waals surface area contributed by atoms with Crippen LogP contribution in [0.5, 0.6) is 5.75 Å². The van der Waals surface area contributed by atoms with Crippen LogP contribution in [0.25, 0.3) is 0 Å². The van der Waals surface area contributed by atoms with E-state index in [-0.39, 0.29) is 0 Å². The number of rotatable bonds is 4. The number of ether oxygens (including phenoxy) is 1. The Bertz CT molecular complexity index is 487. The van der Waals surface area contributed by atoms with Gasteiger partial charge in [-0.25, -0.2) is 0 Å². The van der Waals surface area contributed by atoms with Crippen LogP contribution in [0.3, 0.4) is 0 Å². The first kappa shape index (κ1) is 11.4. The fraction of sp³-hybridized carbons (Fsp3) is 0.333. The molecule has 2 aromatic rings. The molecule has 0 radical (unpaired) electrons. The molecule has 90 valence electrons. The summed E-state index contributed by atoms with van der Waals surface area (Å²) in [5, 5.41) is 7.43. The number of hydrogen-bond donors (Lipinski definition) is 1. The molecule has 17 heavy (non-hydrogen) atoms. The molecule has 0 saturated carbocycles. The lowest BCUT2D eigenvalue weighted by Gasteiger charge is -2.12. The van der Waals surface area contributed by atoms with Crippen molar-refractivity contribution in [2.45, 2.75) is 20.4 Å². The minimum Gasteiger partial charge on any atom is -0.491 e. The van der Waals surface area contributed by atoms with E-state index in [0.717, 1.165) is 16.9 Å². The van der Waals surface area contributed by atoms with E-state index in [1.807, 2.05) is 32.0 Å². The first-order chi connectivity index (χ1) is 8.18. The lowest BCUT2D eigenvalue weighted by Crippen LogP contribution is -2.10. The summed E-state index contributed by atoms with van der Waals surface area (Å²) >= 11 is 0. The molecule has 0 saturated heterocycles. The molecule has 0 spiro atoms. The van der Waals surface area contributed by atoms with E-state index in [9.17, 15) is 0 Å². The Kier molecular flexibility index (Phi) is 3.27. The molecule has 0 fully saturated rings. The second-order valence-corrected chi connectivity index (χ2v) is 3.95. The highest BCUT2D eigenvalue weighted by atomic mass is 16.5. The summed E-state index contributed by atoms with van der Waals surface area (Å²) < 4.78 is 7.52. The molecule has 2 N–H and O–H groups in total. The van der Waals surface area contributed by atoms with Gasteiger partial charge in [0.1, 0.15) is 18.7 Å². The fourth-order valence-electron chi connectivity index (χ4n) is 1.71. The second-order valence-electron chi connectivity index (χ2n) is 3.95. The summed E-state index contributed by atoms with van der Waals surface area (Å²) in [6, 6.07) is 6.10. The van der Waals surface area contributed by atoms with Gasteiger partial charge in [0.15, 0.2) is 0 Å². The minimum absolute atomic E-state index is 0.412. The summed E-state index contributed by atoms with van der Waals surface area (Å²) in [7, 11) is 0. The Hall–Kier alpha value is -2.04. The number of para-hydroxylation sites is 1. The molecule has 0 aliphatic rings. The zero-order valence-corrected chi connectivity index (χ0v) is 10.1. The summed E-state index contributed by atoms with van der Waals surface area (Å²) in [5.41, 5.74) is 7.89. The maximum absolute atomic E-state index is 5.76. The maximum Gasteiger partial charge on any atom is 0.221 e. The Morgan fingerprint density at radius 1 is 1.29 bits per heavy atom. The Labute approximate surface area is 100 Å². The van der Waals surface area contributed by atoms with Gasteiger partial charge in [-0.05, 0) is 25.0 Å². The van der Waals surface area contributed by atoms with Gasteiger partial charge in [-0.2, -0.15) is 0 Å². The normalized spacial score (nSPS) is 10.5. The second kappa shape index (κ2) is 4.86. The number of hydrogen-bond acceptors (Lipinski definition) is 4. The molecule has 5 nitrogen and oxygen atoms in total. The van der Waals surface area contributed by atoms with E-state index in [1.165, 1.54) is 0 Å². The molecule has 0 unspecified atom stereocenters. The highest BCUT2D eigenvalue weighted by molar-refractivity contribution is 5.39. The van der Waals surface area contributed by atoms with Gasteiger partial charge in [-0.1, -0.05) is 18.2 Å². The monoisotopic (exact) mass is 232 g/mol. The average Bonchev–Trinajstić information content (AvgIpc) is 2.69. The number of nitrogens with two attached hydrogens (primary N) is 1. The van der Waals surface area contributed by atoms with Crippen LogP contribution in [0, 0.1) is 13.8 Å². The van der Waals surface area contributed by atoms with E-state index in [1.54, 1.807) is 10.9 Å². The van der Waals surface area contributed by atoms with Crippen LogP contribution >= 0.6 is 0 Å². The third kappa shape index (κ3) is 2.55. The van der Waals surface area contributed by atoms with Crippen LogP contribution in [-0.2, 0) is 6.54 Å². The van der Waals surface area contributed by atoms with Gasteiger partial charge < -0.3 is 10.5 Å². The smallest absolute Gasteiger partial charge is 0.221 e. The molecule has 1 heterocycles. The SMILES string of the molecule is Cc1cccc(C)c1OCCn1cnnc1N.